The lowest BCUT2D eigenvalue weighted by Gasteiger charge is -2.09. The number of hydrogen-bond donors (Lipinski definition) is 0. The molecule has 0 aliphatic carbocycles. The summed E-state index contributed by atoms with van der Waals surface area (Å²) < 4.78 is 18.9. The van der Waals surface area contributed by atoms with Crippen molar-refractivity contribution >= 4 is 5.78 Å². The Bertz CT molecular complexity index is 596. The van der Waals surface area contributed by atoms with Gasteiger partial charge in [0.1, 0.15) is 5.82 Å². The molecule has 2 rings (SSSR count). The number of Topliss-reactive ketones (excluding diaryl/α,β-unsaturated/α-hetero) is 1. The highest BCUT2D eigenvalue weighted by Gasteiger charge is 2.13. The molecule has 0 bridgehead atoms. The van der Waals surface area contributed by atoms with Crippen LogP contribution in [0.4, 0.5) is 4.39 Å². The van der Waals surface area contributed by atoms with E-state index < -0.39 is 5.82 Å². The third-order valence-electron chi connectivity index (χ3n) is 2.63. The summed E-state index contributed by atoms with van der Waals surface area (Å²) in [7, 11) is 1.47. The quantitative estimate of drug-likeness (QED) is 0.780. The number of carbonyl (C=O) groups is 1. The number of aromatic nitrogens is 1. The van der Waals surface area contributed by atoms with Crippen LogP contribution in [0.5, 0.6) is 5.88 Å². The monoisotopic (exact) mass is 245 g/mol. The van der Waals surface area contributed by atoms with Crippen molar-refractivity contribution in [3.63, 3.8) is 0 Å². The van der Waals surface area contributed by atoms with Gasteiger partial charge in [0.05, 0.1) is 7.11 Å². The Morgan fingerprint density at radius 2 is 2.06 bits per heavy atom. The second-order valence-electron chi connectivity index (χ2n) is 3.81. The maximum absolute atomic E-state index is 13.8. The summed E-state index contributed by atoms with van der Waals surface area (Å²) in [5, 5.41) is 0. The summed E-state index contributed by atoms with van der Waals surface area (Å²) in [6.07, 6.45) is 1.56. The molecule has 0 saturated carbocycles. The van der Waals surface area contributed by atoms with Crippen molar-refractivity contribution in [2.24, 2.45) is 0 Å². The topological polar surface area (TPSA) is 39.2 Å². The minimum Gasteiger partial charge on any atom is -0.481 e. The molecule has 4 heteroatoms. The standard InChI is InChI=1S/C14H12FNO2/c1-9(17)10-5-6-13(15)12(8-10)11-4-3-7-16-14(11)18-2/h3-8H,1-2H3. The minimum absolute atomic E-state index is 0.112. The van der Waals surface area contributed by atoms with Crippen LogP contribution in [0.15, 0.2) is 36.5 Å². The SMILES string of the molecule is COc1ncccc1-c1cc(C(C)=O)ccc1F. The minimum atomic E-state index is -0.411. The summed E-state index contributed by atoms with van der Waals surface area (Å²) in [6, 6.07) is 7.64. The van der Waals surface area contributed by atoms with E-state index in [1.165, 1.54) is 32.2 Å². The molecule has 1 heterocycles. The average molecular weight is 245 g/mol. The normalized spacial score (nSPS) is 10.2. The van der Waals surface area contributed by atoms with Crippen LogP contribution in [0.1, 0.15) is 17.3 Å². The number of ether oxygens (including phenoxy) is 1. The van der Waals surface area contributed by atoms with E-state index in [-0.39, 0.29) is 5.78 Å². The third kappa shape index (κ3) is 2.22. The van der Waals surface area contributed by atoms with E-state index in [4.69, 9.17) is 4.74 Å². The van der Waals surface area contributed by atoms with Gasteiger partial charge in [0, 0.05) is 22.9 Å². The zero-order valence-electron chi connectivity index (χ0n) is 10.1. The van der Waals surface area contributed by atoms with Crippen molar-refractivity contribution in [2.75, 3.05) is 7.11 Å². The Kier molecular flexibility index (Phi) is 3.37. The lowest BCUT2D eigenvalue weighted by Crippen LogP contribution is -1.97. The highest BCUT2D eigenvalue weighted by molar-refractivity contribution is 5.95. The first-order valence-corrected chi connectivity index (χ1v) is 5.43. The molecule has 2 aromatic rings. The number of nitrogens with zero attached hydrogens (tertiary/aromatic N) is 1. The molecule has 3 nitrogen and oxygen atoms in total. The fourth-order valence-electron chi connectivity index (χ4n) is 1.71. The molecule has 0 spiro atoms. The Morgan fingerprint density at radius 1 is 1.28 bits per heavy atom. The Morgan fingerprint density at radius 3 is 2.72 bits per heavy atom. The van der Waals surface area contributed by atoms with Crippen LogP contribution in [0, 0.1) is 5.82 Å². The number of halogens is 1. The number of methoxy groups -OCH3 is 1. The maximum Gasteiger partial charge on any atom is 0.221 e. The fourth-order valence-corrected chi connectivity index (χ4v) is 1.71. The van der Waals surface area contributed by atoms with Gasteiger partial charge >= 0.3 is 0 Å². The number of carbonyl (C=O) groups excluding carboxylic acids is 1. The maximum atomic E-state index is 13.8. The first-order chi connectivity index (χ1) is 8.63. The number of hydrogen-bond acceptors (Lipinski definition) is 3. The van der Waals surface area contributed by atoms with Crippen molar-refractivity contribution in [3.05, 3.63) is 47.9 Å². The predicted octanol–water partition coefficient (Wildman–Crippen LogP) is 3.10. The predicted molar refractivity (Wildman–Crippen MR) is 66.2 cm³/mol. The molecule has 1 aromatic carbocycles. The van der Waals surface area contributed by atoms with Crippen LogP contribution >= 0.6 is 0 Å². The molecule has 0 N–H and O–H groups in total. The van der Waals surface area contributed by atoms with Gasteiger partial charge in [-0.25, -0.2) is 9.37 Å². The molecule has 0 saturated heterocycles. The number of ketones is 1. The van der Waals surface area contributed by atoms with Crippen LogP contribution < -0.4 is 4.74 Å². The van der Waals surface area contributed by atoms with Gasteiger partial charge in [0.2, 0.25) is 5.88 Å². The van der Waals surface area contributed by atoms with Gasteiger partial charge in [0.15, 0.2) is 5.78 Å². The van der Waals surface area contributed by atoms with Gasteiger partial charge in [-0.3, -0.25) is 4.79 Å². The summed E-state index contributed by atoms with van der Waals surface area (Å²) in [6.45, 7) is 1.44. The molecule has 0 atom stereocenters. The van der Waals surface area contributed by atoms with E-state index in [0.29, 0.717) is 22.6 Å². The van der Waals surface area contributed by atoms with Gasteiger partial charge in [-0.05, 0) is 37.3 Å². The molecule has 0 aliphatic heterocycles. The van der Waals surface area contributed by atoms with Crippen molar-refractivity contribution in [3.8, 4) is 17.0 Å². The smallest absolute Gasteiger partial charge is 0.221 e. The Labute approximate surface area is 104 Å². The van der Waals surface area contributed by atoms with E-state index in [1.807, 2.05) is 0 Å². The third-order valence-corrected chi connectivity index (χ3v) is 2.63. The van der Waals surface area contributed by atoms with Crippen LogP contribution in [0.2, 0.25) is 0 Å². The van der Waals surface area contributed by atoms with Crippen molar-refractivity contribution in [1.82, 2.24) is 4.98 Å². The molecule has 0 fully saturated rings. The van der Waals surface area contributed by atoms with Gasteiger partial charge in [-0.15, -0.1) is 0 Å². The van der Waals surface area contributed by atoms with Crippen molar-refractivity contribution in [2.45, 2.75) is 6.92 Å². The van der Waals surface area contributed by atoms with E-state index in [9.17, 15) is 9.18 Å². The van der Waals surface area contributed by atoms with Crippen molar-refractivity contribution < 1.29 is 13.9 Å². The Hall–Kier alpha value is -2.23. The summed E-state index contributed by atoms with van der Waals surface area (Å²) >= 11 is 0. The van der Waals surface area contributed by atoms with Gasteiger partial charge < -0.3 is 4.74 Å². The summed E-state index contributed by atoms with van der Waals surface area (Å²) in [5.41, 5.74) is 1.30. The lowest BCUT2D eigenvalue weighted by molar-refractivity contribution is 0.101. The number of pyridine rings is 1. The number of rotatable bonds is 3. The molecule has 0 amide bonds. The molecule has 0 unspecified atom stereocenters. The first kappa shape index (κ1) is 12.2. The molecular weight excluding hydrogens is 233 g/mol. The second-order valence-corrected chi connectivity index (χ2v) is 3.81. The van der Waals surface area contributed by atoms with E-state index in [2.05, 4.69) is 4.98 Å². The van der Waals surface area contributed by atoms with Crippen LogP contribution in [0.25, 0.3) is 11.1 Å². The fraction of sp³-hybridized carbons (Fsp3) is 0.143. The highest BCUT2D eigenvalue weighted by atomic mass is 19.1. The lowest BCUT2D eigenvalue weighted by atomic mass is 10.0. The molecule has 18 heavy (non-hydrogen) atoms. The zero-order valence-corrected chi connectivity index (χ0v) is 10.1. The molecule has 0 aliphatic rings. The van der Waals surface area contributed by atoms with Crippen LogP contribution in [0.3, 0.4) is 0 Å². The van der Waals surface area contributed by atoms with Gasteiger partial charge in [0.25, 0.3) is 0 Å². The first-order valence-electron chi connectivity index (χ1n) is 5.43. The molecule has 1 aromatic heterocycles. The van der Waals surface area contributed by atoms with Gasteiger partial charge in [-0.1, -0.05) is 0 Å². The van der Waals surface area contributed by atoms with E-state index >= 15 is 0 Å². The molecule has 92 valence electrons. The van der Waals surface area contributed by atoms with Crippen LogP contribution in [-0.2, 0) is 0 Å². The molecular formula is C14H12FNO2. The largest absolute Gasteiger partial charge is 0.481 e. The Balaban J connectivity index is 2.62. The van der Waals surface area contributed by atoms with Gasteiger partial charge in [-0.2, -0.15) is 0 Å². The molecule has 0 radical (unpaired) electrons. The average Bonchev–Trinajstić information content (AvgIpc) is 2.39. The zero-order chi connectivity index (χ0) is 13.1. The van der Waals surface area contributed by atoms with E-state index in [1.54, 1.807) is 18.3 Å². The second kappa shape index (κ2) is 4.96. The highest BCUT2D eigenvalue weighted by Crippen LogP contribution is 2.30. The van der Waals surface area contributed by atoms with E-state index in [0.717, 1.165) is 0 Å². The summed E-state index contributed by atoms with van der Waals surface area (Å²) in [5.74, 6) is -0.192. The number of benzene rings is 1. The van der Waals surface area contributed by atoms with Crippen LogP contribution in [-0.4, -0.2) is 17.9 Å². The van der Waals surface area contributed by atoms with Crippen molar-refractivity contribution in [1.29, 1.82) is 0 Å². The summed E-state index contributed by atoms with van der Waals surface area (Å²) in [4.78, 5) is 15.3.